The molecule has 0 bridgehead atoms. The van der Waals surface area contributed by atoms with Crippen LogP contribution in [-0.2, 0) is 22.6 Å². The highest BCUT2D eigenvalue weighted by Crippen LogP contribution is 2.43. The van der Waals surface area contributed by atoms with Crippen molar-refractivity contribution in [3.63, 3.8) is 0 Å². The molecule has 226 valence electrons. The van der Waals surface area contributed by atoms with E-state index < -0.39 is 17.7 Å². The van der Waals surface area contributed by atoms with Gasteiger partial charge >= 0.3 is 0 Å². The second-order valence-electron chi connectivity index (χ2n) is 11.0. The van der Waals surface area contributed by atoms with Crippen molar-refractivity contribution in [1.82, 2.24) is 9.80 Å². The predicted molar refractivity (Wildman–Crippen MR) is 165 cm³/mol. The second kappa shape index (κ2) is 13.3. The van der Waals surface area contributed by atoms with Gasteiger partial charge in [0.1, 0.15) is 24.2 Å². The van der Waals surface area contributed by atoms with E-state index in [9.17, 15) is 14.7 Å². The van der Waals surface area contributed by atoms with Crippen LogP contribution in [0.15, 0.2) is 72.3 Å². The first-order chi connectivity index (χ1) is 20.8. The number of rotatable bonds is 12. The van der Waals surface area contributed by atoms with E-state index in [1.54, 1.807) is 30.2 Å². The smallest absolute Gasteiger partial charge is 0.295 e. The summed E-state index contributed by atoms with van der Waals surface area (Å²) in [4.78, 5) is 31.0. The van der Waals surface area contributed by atoms with E-state index >= 15 is 0 Å². The normalized spacial score (nSPS) is 19.0. The van der Waals surface area contributed by atoms with Crippen molar-refractivity contribution in [2.75, 3.05) is 33.3 Å². The fourth-order valence-corrected chi connectivity index (χ4v) is 5.90. The van der Waals surface area contributed by atoms with E-state index in [2.05, 4.69) is 18.7 Å². The molecule has 2 aliphatic heterocycles. The van der Waals surface area contributed by atoms with Crippen LogP contribution in [0.4, 0.5) is 0 Å². The fraction of sp³-hybridized carbons (Fsp3) is 0.371. The zero-order valence-electron chi connectivity index (χ0n) is 25.3. The molecule has 1 amide bonds. The number of methoxy groups -OCH3 is 1. The Morgan fingerprint density at radius 1 is 1.02 bits per heavy atom. The minimum absolute atomic E-state index is 0.0406. The summed E-state index contributed by atoms with van der Waals surface area (Å²) in [7, 11) is 1.56. The summed E-state index contributed by atoms with van der Waals surface area (Å²) in [5.41, 5.74) is 3.19. The molecule has 3 aromatic rings. The van der Waals surface area contributed by atoms with Gasteiger partial charge in [-0.2, -0.15) is 0 Å². The van der Waals surface area contributed by atoms with Crippen LogP contribution in [0.3, 0.4) is 0 Å². The van der Waals surface area contributed by atoms with Crippen molar-refractivity contribution in [1.29, 1.82) is 0 Å². The molecular weight excluding hydrogens is 544 g/mol. The molecular formula is C35H40N2O6. The highest BCUT2D eigenvalue weighted by molar-refractivity contribution is 6.46. The number of carbonyl (C=O) groups is 2. The number of fused-ring (bicyclic) bond motifs is 1. The number of hydrogen-bond donors (Lipinski definition) is 1. The molecule has 0 aromatic heterocycles. The summed E-state index contributed by atoms with van der Waals surface area (Å²) >= 11 is 0. The number of amides is 1. The number of nitrogens with zero attached hydrogens (tertiary/aromatic N) is 2. The van der Waals surface area contributed by atoms with Gasteiger partial charge in [-0.15, -0.1) is 0 Å². The van der Waals surface area contributed by atoms with E-state index in [-0.39, 0.29) is 17.4 Å². The molecule has 5 rings (SSSR count). The maximum absolute atomic E-state index is 13.6. The largest absolute Gasteiger partial charge is 0.507 e. The van der Waals surface area contributed by atoms with Crippen LogP contribution < -0.4 is 14.2 Å². The SMILES string of the molecule is CCN(CC)CCCN1C(=O)C(=O)C(=C(O)c2ccc3c(c2)C[C@@H](C)O3)[C@H]1c1ccc(OCc2ccccc2)c(OC)c1. The van der Waals surface area contributed by atoms with Crippen molar-refractivity contribution < 1.29 is 28.9 Å². The number of aliphatic hydroxyl groups is 1. The Kier molecular flexibility index (Phi) is 9.36. The van der Waals surface area contributed by atoms with Crippen LogP contribution in [0, 0.1) is 0 Å². The molecule has 1 fully saturated rings. The van der Waals surface area contributed by atoms with Gasteiger partial charge in [0.2, 0.25) is 0 Å². The standard InChI is InChI=1S/C35H40N2O6/c1-5-36(6-2)17-10-18-37-32(25-13-16-29(30(21-25)41-4)42-22-24-11-8-7-9-12-24)31(34(39)35(37)40)33(38)26-14-15-28-27(20-26)19-23(3)43-28/h7-9,11-16,20-21,23,32,38H,5-6,10,17-19,22H2,1-4H3/t23-,32-/m1/s1. The number of Topliss-reactive ketones (excluding diaryl/α,β-unsaturated/α-hetero) is 1. The molecule has 0 saturated carbocycles. The van der Waals surface area contributed by atoms with Crippen LogP contribution >= 0.6 is 0 Å². The van der Waals surface area contributed by atoms with Crippen molar-refractivity contribution in [3.05, 3.63) is 94.6 Å². The van der Waals surface area contributed by atoms with Gasteiger partial charge in [-0.25, -0.2) is 0 Å². The van der Waals surface area contributed by atoms with Gasteiger partial charge < -0.3 is 29.1 Å². The summed E-state index contributed by atoms with van der Waals surface area (Å²) in [5, 5.41) is 11.6. The van der Waals surface area contributed by atoms with Crippen LogP contribution in [0.2, 0.25) is 0 Å². The Morgan fingerprint density at radius 2 is 1.79 bits per heavy atom. The topological polar surface area (TPSA) is 88.5 Å². The van der Waals surface area contributed by atoms with Crippen molar-refractivity contribution in [2.24, 2.45) is 0 Å². The number of likely N-dealkylation sites (tertiary alicyclic amines) is 1. The van der Waals surface area contributed by atoms with Gasteiger partial charge in [0, 0.05) is 18.5 Å². The maximum atomic E-state index is 13.6. The zero-order chi connectivity index (χ0) is 30.5. The Bertz CT molecular complexity index is 1500. The lowest BCUT2D eigenvalue weighted by atomic mass is 9.94. The highest BCUT2D eigenvalue weighted by Gasteiger charge is 2.46. The summed E-state index contributed by atoms with van der Waals surface area (Å²) in [6.45, 7) is 9.53. The first-order valence-corrected chi connectivity index (χ1v) is 15.0. The van der Waals surface area contributed by atoms with Crippen LogP contribution in [0.25, 0.3) is 5.76 Å². The number of aliphatic hydroxyl groups excluding tert-OH is 1. The molecule has 2 aliphatic rings. The number of carbonyl (C=O) groups excluding carboxylic acids is 2. The maximum Gasteiger partial charge on any atom is 0.295 e. The third-order valence-corrected chi connectivity index (χ3v) is 8.22. The molecule has 1 saturated heterocycles. The van der Waals surface area contributed by atoms with Crippen molar-refractivity contribution >= 4 is 17.4 Å². The van der Waals surface area contributed by atoms with Gasteiger partial charge in [-0.3, -0.25) is 9.59 Å². The number of hydrogen-bond acceptors (Lipinski definition) is 7. The Balaban J connectivity index is 1.52. The molecule has 0 spiro atoms. The van der Waals surface area contributed by atoms with E-state index in [4.69, 9.17) is 14.2 Å². The summed E-state index contributed by atoms with van der Waals surface area (Å²) in [6, 6.07) is 19.9. The van der Waals surface area contributed by atoms with Gasteiger partial charge in [-0.05, 0) is 80.0 Å². The zero-order valence-corrected chi connectivity index (χ0v) is 25.3. The first-order valence-electron chi connectivity index (χ1n) is 15.0. The van der Waals surface area contributed by atoms with E-state index in [1.165, 1.54) is 0 Å². The molecule has 2 atom stereocenters. The van der Waals surface area contributed by atoms with E-state index in [0.717, 1.165) is 36.5 Å². The monoisotopic (exact) mass is 584 g/mol. The molecule has 2 heterocycles. The van der Waals surface area contributed by atoms with Crippen LogP contribution in [-0.4, -0.2) is 66.0 Å². The number of ketones is 1. The minimum Gasteiger partial charge on any atom is -0.507 e. The summed E-state index contributed by atoms with van der Waals surface area (Å²) < 4.78 is 17.6. The van der Waals surface area contributed by atoms with Gasteiger partial charge in [-0.1, -0.05) is 50.2 Å². The quantitative estimate of drug-likeness (QED) is 0.165. The molecule has 3 aromatic carbocycles. The lowest BCUT2D eigenvalue weighted by Gasteiger charge is -2.27. The Morgan fingerprint density at radius 3 is 2.51 bits per heavy atom. The third kappa shape index (κ3) is 6.39. The molecule has 8 heteroatoms. The predicted octanol–water partition coefficient (Wildman–Crippen LogP) is 5.75. The minimum atomic E-state index is -0.780. The molecule has 0 unspecified atom stereocenters. The lowest BCUT2D eigenvalue weighted by Crippen LogP contribution is -2.33. The van der Waals surface area contributed by atoms with Gasteiger partial charge in [0.25, 0.3) is 11.7 Å². The first kappa shape index (κ1) is 30.2. The number of ether oxygens (including phenoxy) is 3. The van der Waals surface area contributed by atoms with E-state index in [0.29, 0.717) is 48.6 Å². The second-order valence-corrected chi connectivity index (χ2v) is 11.0. The third-order valence-electron chi connectivity index (χ3n) is 8.22. The average Bonchev–Trinajstić information content (AvgIpc) is 3.53. The molecule has 8 nitrogen and oxygen atoms in total. The van der Waals surface area contributed by atoms with Crippen molar-refractivity contribution in [3.8, 4) is 17.2 Å². The van der Waals surface area contributed by atoms with E-state index in [1.807, 2.05) is 55.5 Å². The van der Waals surface area contributed by atoms with Crippen LogP contribution in [0.1, 0.15) is 55.5 Å². The Hall–Kier alpha value is -4.30. The molecule has 0 radical (unpaired) electrons. The van der Waals surface area contributed by atoms with Crippen molar-refractivity contribution in [2.45, 2.75) is 52.4 Å². The lowest BCUT2D eigenvalue weighted by molar-refractivity contribution is -0.140. The summed E-state index contributed by atoms with van der Waals surface area (Å²) in [6.07, 6.45) is 1.44. The molecule has 43 heavy (non-hydrogen) atoms. The Labute approximate surface area is 253 Å². The molecule has 0 aliphatic carbocycles. The average molecular weight is 585 g/mol. The summed E-state index contributed by atoms with van der Waals surface area (Å²) in [5.74, 6) is 0.284. The fourth-order valence-electron chi connectivity index (χ4n) is 5.90. The van der Waals surface area contributed by atoms with Gasteiger partial charge in [0.15, 0.2) is 11.5 Å². The van der Waals surface area contributed by atoms with Gasteiger partial charge in [0.05, 0.1) is 18.7 Å². The van der Waals surface area contributed by atoms with Crippen LogP contribution in [0.5, 0.6) is 17.2 Å². The number of benzene rings is 3. The highest BCUT2D eigenvalue weighted by atomic mass is 16.5. The molecule has 1 N–H and O–H groups in total.